The maximum Gasteiger partial charge on any atom is 0.410 e. The van der Waals surface area contributed by atoms with Crippen LogP contribution in [-0.4, -0.2) is 194 Å². The van der Waals surface area contributed by atoms with Crippen LogP contribution in [0.5, 0.6) is 5.88 Å². The second-order valence-corrected chi connectivity index (χ2v) is 28.3. The van der Waals surface area contributed by atoms with Gasteiger partial charge in [-0.25, -0.2) is 29.1 Å². The first-order valence-electron chi connectivity index (χ1n) is 32.6. The number of amides is 1. The lowest BCUT2D eigenvalue weighted by atomic mass is 9.55. The Morgan fingerprint density at radius 1 is 0.784 bits per heavy atom. The Bertz CT molecular complexity index is 3150. The van der Waals surface area contributed by atoms with Gasteiger partial charge in [-0.05, 0) is 131 Å². The summed E-state index contributed by atoms with van der Waals surface area (Å²) in [5.41, 5.74) is -3.14. The number of alkyl halides is 1. The largest absolute Gasteiger partial charge is 0.471 e. The van der Waals surface area contributed by atoms with E-state index >= 15 is 18.8 Å². The van der Waals surface area contributed by atoms with Crippen molar-refractivity contribution in [3.8, 4) is 11.7 Å². The minimum atomic E-state index is -1.29. The summed E-state index contributed by atoms with van der Waals surface area (Å²) in [4.78, 5) is 105. The van der Waals surface area contributed by atoms with E-state index in [0.29, 0.717) is 135 Å². The standard InChI is InChI=1S/C64H87F2N11O11/c1-39-34-74(58(82)88-59(3,4)5)23-11-24-77(39)48-32-47(75-25-22-67-38-75)68-54(69-48)50(78)44-13-10-17-62(53(44)81)19-14-41(33-64(62)85-28-29-86-64)30-43-36-76(37-60(72-43)20-21-60)56-49(66)57(87-40(2)46-31-42(65)35-73(46)6)71-55(70-56)51(79)45-12-9-16-61(52(45)80)15-7-8-18-63(61)83-26-27-84-63/h22,25,32,38-46,72H,7-21,23-24,26-31,33-37H2,1-6H3/t39-,40-,41?,42+,43+,44?,45?,46-,61-,62+/m0/s1. The Labute approximate surface area is 513 Å². The molecule has 1 amide bonds. The monoisotopic (exact) mass is 1220 g/mol. The highest BCUT2D eigenvalue weighted by molar-refractivity contribution is 6.12. The van der Waals surface area contributed by atoms with Crippen molar-refractivity contribution in [3.05, 3.63) is 42.3 Å². The van der Waals surface area contributed by atoms with Gasteiger partial charge < -0.3 is 48.4 Å². The fourth-order valence-electron chi connectivity index (χ4n) is 17.1. The normalized spacial score (nSPS) is 32.5. The number of anilines is 2. The lowest BCUT2D eigenvalue weighted by Crippen LogP contribution is -2.62. The predicted octanol–water partition coefficient (Wildman–Crippen LogP) is 7.57. The van der Waals surface area contributed by atoms with Crippen molar-refractivity contribution in [2.75, 3.05) is 82.5 Å². The molecule has 88 heavy (non-hydrogen) atoms. The Balaban J connectivity index is 0.752. The van der Waals surface area contributed by atoms with Crippen molar-refractivity contribution in [2.24, 2.45) is 28.6 Å². The maximum absolute atomic E-state index is 17.6. The van der Waals surface area contributed by atoms with Crippen LogP contribution in [0.4, 0.5) is 25.2 Å². The van der Waals surface area contributed by atoms with Crippen LogP contribution in [0, 0.1) is 34.4 Å². The van der Waals surface area contributed by atoms with Gasteiger partial charge in [-0.3, -0.25) is 28.6 Å². The molecule has 3 aromatic heterocycles. The summed E-state index contributed by atoms with van der Waals surface area (Å²) in [5.74, 6) is -6.82. The summed E-state index contributed by atoms with van der Waals surface area (Å²) in [6.07, 6.45) is 12.9. The van der Waals surface area contributed by atoms with Crippen molar-refractivity contribution >= 4 is 40.9 Å². The number of carbonyl (C=O) groups is 5. The molecule has 5 aliphatic carbocycles. The van der Waals surface area contributed by atoms with E-state index in [4.69, 9.17) is 43.4 Å². The molecule has 10 atom stereocenters. The number of fused-ring (bicyclic) bond motifs is 2. The number of ether oxygens (including phenoxy) is 6. The molecule has 22 nitrogen and oxygen atoms in total. The highest BCUT2D eigenvalue weighted by atomic mass is 19.1. The van der Waals surface area contributed by atoms with Gasteiger partial charge in [0.25, 0.3) is 5.88 Å². The van der Waals surface area contributed by atoms with Gasteiger partial charge >= 0.3 is 6.09 Å². The van der Waals surface area contributed by atoms with E-state index in [1.807, 2.05) is 43.6 Å². The molecule has 3 aromatic rings. The van der Waals surface area contributed by atoms with Crippen LogP contribution in [0.1, 0.15) is 171 Å². The minimum Gasteiger partial charge on any atom is -0.471 e. The van der Waals surface area contributed by atoms with Gasteiger partial charge in [-0.1, -0.05) is 19.3 Å². The summed E-state index contributed by atoms with van der Waals surface area (Å²) < 4.78 is 72.2. The van der Waals surface area contributed by atoms with Crippen LogP contribution in [0.3, 0.4) is 0 Å². The first kappa shape index (κ1) is 61.2. The van der Waals surface area contributed by atoms with Crippen LogP contribution in [0.15, 0.2) is 24.8 Å². The molecule has 0 bridgehead atoms. The van der Waals surface area contributed by atoms with Gasteiger partial charge in [0.15, 0.2) is 29.0 Å². The molecule has 8 heterocycles. The lowest BCUT2D eigenvalue weighted by Gasteiger charge is -2.54. The number of imidazole rings is 1. The van der Waals surface area contributed by atoms with E-state index in [2.05, 4.69) is 20.2 Å². The molecule has 478 valence electrons. The summed E-state index contributed by atoms with van der Waals surface area (Å²) in [6, 6.07) is 1.01. The van der Waals surface area contributed by atoms with E-state index < -0.39 is 75.4 Å². The number of likely N-dealkylation sites (N-methyl/N-ethyl adjacent to an activating group) is 1. The Morgan fingerprint density at radius 3 is 2.08 bits per heavy atom. The average molecular weight is 1220 g/mol. The quantitative estimate of drug-likeness (QED) is 0.136. The number of hydrogen-bond acceptors (Lipinski definition) is 20. The first-order chi connectivity index (χ1) is 42.1. The molecule has 0 aromatic carbocycles. The molecule has 5 saturated carbocycles. The van der Waals surface area contributed by atoms with Gasteiger partial charge in [-0.2, -0.15) is 9.37 Å². The van der Waals surface area contributed by atoms with Gasteiger partial charge in [-0.15, -0.1) is 0 Å². The SMILES string of the molecule is C[C@H](Oc1nc(C(=O)C2CCC[C@@]3(CCCCC34OCCO4)C2=O)nc(N2C[C@@H](CC3CC[C@@]4(CCCC(C(=O)c5nc(N6CCCN(C(=O)OC(C)(C)C)C[C@@H]6C)cc(-n6ccnc6)n5)C4=O)C4(C3)OCCO4)NC3(CC3)C2)c1F)[C@@H]1C[C@@H](F)CN1C. The maximum atomic E-state index is 17.6. The van der Waals surface area contributed by atoms with Crippen molar-refractivity contribution in [1.29, 1.82) is 0 Å². The van der Waals surface area contributed by atoms with Crippen molar-refractivity contribution in [2.45, 2.75) is 203 Å². The van der Waals surface area contributed by atoms with Crippen LogP contribution < -0.4 is 19.9 Å². The summed E-state index contributed by atoms with van der Waals surface area (Å²) >= 11 is 0. The van der Waals surface area contributed by atoms with Crippen molar-refractivity contribution < 1.29 is 61.2 Å². The van der Waals surface area contributed by atoms with E-state index in [1.54, 1.807) is 42.2 Å². The molecule has 0 radical (unpaired) electrons. The fourth-order valence-corrected chi connectivity index (χ4v) is 17.1. The summed E-state index contributed by atoms with van der Waals surface area (Å²) in [5, 5.41) is 3.92. The van der Waals surface area contributed by atoms with Crippen LogP contribution >= 0.6 is 0 Å². The molecule has 1 N–H and O–H groups in total. The van der Waals surface area contributed by atoms with Crippen molar-refractivity contribution in [3.63, 3.8) is 0 Å². The van der Waals surface area contributed by atoms with Crippen molar-refractivity contribution in [1.82, 2.24) is 44.6 Å². The molecule has 5 spiro atoms. The Hall–Kier alpha value is -5.66. The third-order valence-corrected chi connectivity index (χ3v) is 21.4. The highest BCUT2D eigenvalue weighted by Crippen LogP contribution is 2.59. The first-order valence-corrected chi connectivity index (χ1v) is 32.6. The number of nitrogens with one attached hydrogen (secondary N) is 1. The number of nitrogens with zero attached hydrogens (tertiary/aromatic N) is 10. The molecule has 10 fully saturated rings. The summed E-state index contributed by atoms with van der Waals surface area (Å²) in [7, 11) is 1.80. The number of aromatic nitrogens is 6. The average Bonchev–Trinajstić information content (AvgIpc) is 1.23. The minimum absolute atomic E-state index is 0.0177. The Morgan fingerprint density at radius 2 is 1.43 bits per heavy atom. The topological polar surface area (TPSA) is 235 Å². The second-order valence-electron chi connectivity index (χ2n) is 28.3. The third kappa shape index (κ3) is 11.1. The number of halogens is 2. The van der Waals surface area contributed by atoms with E-state index in [-0.39, 0.29) is 97.3 Å². The number of Topliss-reactive ketones (excluding diaryl/α,β-unsaturated/α-hetero) is 4. The second kappa shape index (κ2) is 23.5. The van der Waals surface area contributed by atoms with E-state index in [9.17, 15) is 14.0 Å². The zero-order valence-electron chi connectivity index (χ0n) is 51.9. The molecule has 3 unspecified atom stereocenters. The molecule has 5 aliphatic heterocycles. The number of rotatable bonds is 12. The predicted molar refractivity (Wildman–Crippen MR) is 315 cm³/mol. The highest BCUT2D eigenvalue weighted by Gasteiger charge is 2.67. The van der Waals surface area contributed by atoms with Gasteiger partial charge in [0.05, 0.1) is 49.1 Å². The third-order valence-electron chi connectivity index (χ3n) is 21.4. The van der Waals surface area contributed by atoms with Gasteiger partial charge in [0.2, 0.25) is 29.0 Å². The number of piperazine rings is 1. The number of carbonyl (C=O) groups excluding carboxylic acids is 5. The molecule has 24 heteroatoms. The fraction of sp³-hybridized carbons (Fsp3) is 0.750. The Kier molecular flexibility index (Phi) is 16.4. The zero-order valence-corrected chi connectivity index (χ0v) is 51.9. The van der Waals surface area contributed by atoms with Crippen LogP contribution in [0.25, 0.3) is 5.82 Å². The number of hydrogen-bond donors (Lipinski definition) is 1. The lowest BCUT2D eigenvalue weighted by molar-refractivity contribution is -0.263. The molecular weight excluding hydrogens is 1140 g/mol. The van der Waals surface area contributed by atoms with Crippen LogP contribution in [0.2, 0.25) is 0 Å². The van der Waals surface area contributed by atoms with Gasteiger partial charge in [0.1, 0.15) is 35.8 Å². The molecule has 13 rings (SSSR count). The number of ketones is 4. The van der Waals surface area contributed by atoms with E-state index in [1.165, 1.54) is 0 Å². The molecule has 5 saturated heterocycles. The molecule has 10 aliphatic rings. The van der Waals surface area contributed by atoms with Gasteiger partial charge in [0, 0.05) is 94.2 Å². The summed E-state index contributed by atoms with van der Waals surface area (Å²) in [6.45, 7) is 12.9. The number of likely N-dealkylation sites (tertiary alicyclic amines) is 1. The molecular formula is C64H87F2N11O11. The smallest absolute Gasteiger partial charge is 0.410 e. The zero-order chi connectivity index (χ0) is 61.5. The van der Waals surface area contributed by atoms with E-state index in [0.717, 1.165) is 25.7 Å². The van der Waals surface area contributed by atoms with Crippen LogP contribution in [-0.2, 0) is 33.3 Å².